The number of halogens is 1. The van der Waals surface area contributed by atoms with Crippen LogP contribution in [0.1, 0.15) is 58.1 Å². The summed E-state index contributed by atoms with van der Waals surface area (Å²) in [6, 6.07) is 7.85. The molecule has 0 aliphatic heterocycles. The monoisotopic (exact) mass is 352 g/mol. The van der Waals surface area contributed by atoms with Gasteiger partial charge in [-0.05, 0) is 56.5 Å². The smallest absolute Gasteiger partial charge is 0.0417 e. The molecular weight excluding hydrogens is 324 g/mol. The fraction of sp³-hybridized carbons (Fsp3) is 0.667. The Morgan fingerprint density at radius 2 is 1.90 bits per heavy atom. The predicted molar refractivity (Wildman–Crippen MR) is 96.1 cm³/mol. The minimum atomic E-state index is 0.369. The van der Waals surface area contributed by atoms with Crippen molar-refractivity contribution in [3.63, 3.8) is 0 Å². The first-order chi connectivity index (χ1) is 10.0. The Morgan fingerprint density at radius 1 is 1.24 bits per heavy atom. The molecule has 0 amide bonds. The summed E-state index contributed by atoms with van der Waals surface area (Å²) >= 11 is 3.63. The first-order valence-electron chi connectivity index (χ1n) is 8.26. The number of rotatable bonds is 6. The summed E-state index contributed by atoms with van der Waals surface area (Å²) in [6.45, 7) is 8.03. The number of nitrogens with zero attached hydrogens (tertiary/aromatic N) is 1. The van der Waals surface area contributed by atoms with E-state index < -0.39 is 0 Å². The van der Waals surface area contributed by atoms with Crippen LogP contribution in [0.4, 0.5) is 5.69 Å². The van der Waals surface area contributed by atoms with E-state index >= 15 is 0 Å². The second-order valence-corrected chi connectivity index (χ2v) is 7.61. The lowest BCUT2D eigenvalue weighted by Gasteiger charge is -2.35. The Hall–Kier alpha value is -0.540. The minimum Gasteiger partial charge on any atom is -0.368 e. The summed E-state index contributed by atoms with van der Waals surface area (Å²) in [4.78, 5) is 2.67. The summed E-state index contributed by atoms with van der Waals surface area (Å²) in [7, 11) is 2.04. The average molecular weight is 353 g/mol. The van der Waals surface area contributed by atoms with Crippen molar-refractivity contribution in [2.75, 3.05) is 18.5 Å². The number of anilines is 1. The van der Waals surface area contributed by atoms with Crippen LogP contribution in [0.3, 0.4) is 0 Å². The molecule has 1 atom stereocenters. The molecule has 0 radical (unpaired) electrons. The SMILES string of the molecule is CNC(C)c1cc(Br)ccc1N(CC(C)C)C1CCCC1. The van der Waals surface area contributed by atoms with Crippen LogP contribution in [0.15, 0.2) is 22.7 Å². The van der Waals surface area contributed by atoms with Gasteiger partial charge in [-0.15, -0.1) is 0 Å². The van der Waals surface area contributed by atoms with E-state index in [0.717, 1.165) is 12.6 Å². The van der Waals surface area contributed by atoms with Crippen LogP contribution in [-0.2, 0) is 0 Å². The standard InChI is InChI=1S/C18H29BrN2/c1-13(2)12-21(16-7-5-6-8-16)18-10-9-15(19)11-17(18)14(3)20-4/h9-11,13-14,16,20H,5-8,12H2,1-4H3. The highest BCUT2D eigenvalue weighted by Crippen LogP contribution is 2.35. The summed E-state index contributed by atoms with van der Waals surface area (Å²) in [5.41, 5.74) is 2.82. The van der Waals surface area contributed by atoms with Crippen molar-refractivity contribution in [3.05, 3.63) is 28.2 Å². The van der Waals surface area contributed by atoms with E-state index in [4.69, 9.17) is 0 Å². The van der Waals surface area contributed by atoms with Gasteiger partial charge in [0, 0.05) is 28.8 Å². The number of nitrogens with one attached hydrogen (secondary N) is 1. The van der Waals surface area contributed by atoms with Crippen molar-refractivity contribution < 1.29 is 0 Å². The zero-order valence-corrected chi connectivity index (χ0v) is 15.4. The molecule has 0 spiro atoms. The van der Waals surface area contributed by atoms with Gasteiger partial charge in [0.1, 0.15) is 0 Å². The molecule has 118 valence electrons. The molecule has 1 fully saturated rings. The van der Waals surface area contributed by atoms with Crippen LogP contribution in [0.2, 0.25) is 0 Å². The zero-order valence-electron chi connectivity index (χ0n) is 13.8. The molecule has 1 aliphatic carbocycles. The third kappa shape index (κ3) is 4.23. The van der Waals surface area contributed by atoms with Crippen molar-refractivity contribution in [3.8, 4) is 0 Å². The van der Waals surface area contributed by atoms with E-state index in [0.29, 0.717) is 12.0 Å². The van der Waals surface area contributed by atoms with E-state index in [9.17, 15) is 0 Å². The third-order valence-electron chi connectivity index (χ3n) is 4.53. The molecule has 0 aromatic heterocycles. The van der Waals surface area contributed by atoms with Crippen molar-refractivity contribution in [1.29, 1.82) is 0 Å². The lowest BCUT2D eigenvalue weighted by molar-refractivity contribution is 0.530. The fourth-order valence-corrected chi connectivity index (χ4v) is 3.72. The maximum Gasteiger partial charge on any atom is 0.0417 e. The molecule has 21 heavy (non-hydrogen) atoms. The lowest BCUT2D eigenvalue weighted by atomic mass is 10.0. The molecule has 2 rings (SSSR count). The molecule has 1 aromatic carbocycles. The van der Waals surface area contributed by atoms with Crippen molar-refractivity contribution in [1.82, 2.24) is 5.32 Å². The first kappa shape index (κ1) is 16.8. The Balaban J connectivity index is 2.38. The van der Waals surface area contributed by atoms with Gasteiger partial charge >= 0.3 is 0 Å². The summed E-state index contributed by atoms with van der Waals surface area (Å²) in [5.74, 6) is 0.687. The maximum absolute atomic E-state index is 3.63. The van der Waals surface area contributed by atoms with Crippen LogP contribution in [0.25, 0.3) is 0 Å². The third-order valence-corrected chi connectivity index (χ3v) is 5.02. The number of hydrogen-bond donors (Lipinski definition) is 1. The maximum atomic E-state index is 3.63. The largest absolute Gasteiger partial charge is 0.368 e. The normalized spacial score (nSPS) is 17.4. The van der Waals surface area contributed by atoms with Gasteiger partial charge in [-0.2, -0.15) is 0 Å². The van der Waals surface area contributed by atoms with Gasteiger partial charge in [-0.3, -0.25) is 0 Å². The summed E-state index contributed by atoms with van der Waals surface area (Å²) in [6.07, 6.45) is 5.45. The quantitative estimate of drug-likeness (QED) is 0.762. The molecule has 2 nitrogen and oxygen atoms in total. The highest BCUT2D eigenvalue weighted by Gasteiger charge is 2.26. The summed E-state index contributed by atoms with van der Waals surface area (Å²) in [5, 5.41) is 3.40. The van der Waals surface area contributed by atoms with Crippen molar-refractivity contribution >= 4 is 21.6 Å². The van der Waals surface area contributed by atoms with Gasteiger partial charge in [0.05, 0.1) is 0 Å². The van der Waals surface area contributed by atoms with E-state index in [1.54, 1.807) is 0 Å². The van der Waals surface area contributed by atoms with Crippen LogP contribution in [-0.4, -0.2) is 19.6 Å². The van der Waals surface area contributed by atoms with Gasteiger partial charge in [-0.25, -0.2) is 0 Å². The molecule has 1 N–H and O–H groups in total. The zero-order chi connectivity index (χ0) is 15.4. The lowest BCUT2D eigenvalue weighted by Crippen LogP contribution is -2.37. The Bertz CT molecular complexity index is 453. The van der Waals surface area contributed by atoms with Gasteiger partial charge in [0.25, 0.3) is 0 Å². The van der Waals surface area contributed by atoms with Crippen LogP contribution in [0, 0.1) is 5.92 Å². The molecule has 1 aromatic rings. The highest BCUT2D eigenvalue weighted by molar-refractivity contribution is 9.10. The Labute approximate surface area is 138 Å². The van der Waals surface area contributed by atoms with Crippen LogP contribution in [0.5, 0.6) is 0 Å². The Morgan fingerprint density at radius 3 is 2.48 bits per heavy atom. The Kier molecular flexibility index (Phi) is 6.12. The van der Waals surface area contributed by atoms with Crippen LogP contribution < -0.4 is 10.2 Å². The highest BCUT2D eigenvalue weighted by atomic mass is 79.9. The van der Waals surface area contributed by atoms with Gasteiger partial charge in [-0.1, -0.05) is 42.6 Å². The molecule has 1 aliphatic rings. The minimum absolute atomic E-state index is 0.369. The van der Waals surface area contributed by atoms with E-state index in [2.05, 4.69) is 65.1 Å². The average Bonchev–Trinajstić information content (AvgIpc) is 2.98. The fourth-order valence-electron chi connectivity index (χ4n) is 3.34. The topological polar surface area (TPSA) is 15.3 Å². The van der Waals surface area contributed by atoms with Gasteiger partial charge in [0.15, 0.2) is 0 Å². The number of hydrogen-bond acceptors (Lipinski definition) is 2. The molecule has 0 heterocycles. The van der Waals surface area contributed by atoms with Gasteiger partial charge in [0.2, 0.25) is 0 Å². The molecule has 1 saturated carbocycles. The van der Waals surface area contributed by atoms with Crippen molar-refractivity contribution in [2.24, 2.45) is 5.92 Å². The first-order valence-corrected chi connectivity index (χ1v) is 9.05. The van der Waals surface area contributed by atoms with Crippen molar-refractivity contribution in [2.45, 2.75) is 58.5 Å². The van der Waals surface area contributed by atoms with E-state index in [-0.39, 0.29) is 0 Å². The molecule has 0 saturated heterocycles. The molecule has 0 bridgehead atoms. The molecule has 3 heteroatoms. The second-order valence-electron chi connectivity index (χ2n) is 6.70. The molecule has 1 unspecified atom stereocenters. The molecular formula is C18H29BrN2. The number of benzene rings is 1. The van der Waals surface area contributed by atoms with Crippen LogP contribution >= 0.6 is 15.9 Å². The second kappa shape index (κ2) is 7.64. The predicted octanol–water partition coefficient (Wildman–Crippen LogP) is 5.13. The van der Waals surface area contributed by atoms with E-state index in [1.165, 1.54) is 41.4 Å². The summed E-state index contributed by atoms with van der Waals surface area (Å²) < 4.78 is 1.17. The van der Waals surface area contributed by atoms with E-state index in [1.807, 2.05) is 7.05 Å². The van der Waals surface area contributed by atoms with Gasteiger partial charge < -0.3 is 10.2 Å².